The second kappa shape index (κ2) is 6.37. The molecule has 0 amide bonds. The number of rotatable bonds is 2. The van der Waals surface area contributed by atoms with Gasteiger partial charge in [-0.25, -0.2) is 0 Å². The van der Waals surface area contributed by atoms with Crippen LogP contribution in [0.3, 0.4) is 0 Å². The highest BCUT2D eigenvalue weighted by molar-refractivity contribution is 7.99. The van der Waals surface area contributed by atoms with Crippen LogP contribution in [0.4, 0.5) is 5.69 Å². The molecule has 3 aliphatic rings. The Hall–Kier alpha value is -1.45. The molecule has 5 rings (SSSR count). The maximum absolute atomic E-state index is 2.76. The molecule has 0 radical (unpaired) electrons. The Bertz CT molecular complexity index is 787. The van der Waals surface area contributed by atoms with Gasteiger partial charge in [0, 0.05) is 43.0 Å². The Morgan fingerprint density at radius 2 is 2.00 bits per heavy atom. The van der Waals surface area contributed by atoms with E-state index in [0.29, 0.717) is 5.92 Å². The van der Waals surface area contributed by atoms with Gasteiger partial charge in [-0.3, -0.25) is 4.90 Å². The molecule has 3 heterocycles. The molecule has 130 valence electrons. The van der Waals surface area contributed by atoms with E-state index in [1.165, 1.54) is 54.3 Å². The van der Waals surface area contributed by atoms with Gasteiger partial charge in [-0.1, -0.05) is 36.4 Å². The first kappa shape index (κ1) is 15.8. The normalized spacial score (nSPS) is 25.4. The van der Waals surface area contributed by atoms with Crippen molar-refractivity contribution in [1.82, 2.24) is 4.90 Å². The number of anilines is 1. The van der Waals surface area contributed by atoms with Gasteiger partial charge in [-0.15, -0.1) is 11.8 Å². The zero-order valence-corrected chi connectivity index (χ0v) is 15.8. The molecule has 2 nitrogen and oxygen atoms in total. The van der Waals surface area contributed by atoms with Crippen LogP contribution >= 0.6 is 11.8 Å². The van der Waals surface area contributed by atoms with Crippen LogP contribution in [0, 0.1) is 6.92 Å². The molecule has 2 unspecified atom stereocenters. The van der Waals surface area contributed by atoms with Gasteiger partial charge in [0.15, 0.2) is 0 Å². The maximum Gasteiger partial charge on any atom is 0.0543 e. The number of likely N-dealkylation sites (tertiary alicyclic amines) is 1. The third-order valence-corrected chi connectivity index (χ3v) is 7.37. The summed E-state index contributed by atoms with van der Waals surface area (Å²) in [6.45, 7) is 7.01. The van der Waals surface area contributed by atoms with E-state index >= 15 is 0 Å². The average molecular weight is 351 g/mol. The van der Waals surface area contributed by atoms with Crippen LogP contribution in [-0.2, 0) is 6.54 Å². The molecule has 2 aromatic rings. The average Bonchev–Trinajstić information content (AvgIpc) is 2.79. The molecule has 0 aliphatic carbocycles. The smallest absolute Gasteiger partial charge is 0.0543 e. The summed E-state index contributed by atoms with van der Waals surface area (Å²) in [4.78, 5) is 6.97. The minimum atomic E-state index is 0.686. The molecule has 3 aliphatic heterocycles. The lowest BCUT2D eigenvalue weighted by molar-refractivity contribution is 0.186. The number of aryl methyl sites for hydroxylation is 1. The Kier molecular flexibility index (Phi) is 4.02. The third kappa shape index (κ3) is 2.69. The number of nitrogens with zero attached hydrogens (tertiary/aromatic N) is 2. The number of benzene rings is 2. The number of thioether (sulfide) groups is 1. The summed E-state index contributed by atoms with van der Waals surface area (Å²) in [6, 6.07) is 16.6. The first-order valence-corrected chi connectivity index (χ1v) is 10.6. The van der Waals surface area contributed by atoms with Crippen LogP contribution in [0.1, 0.15) is 35.4 Å². The van der Waals surface area contributed by atoms with Crippen molar-refractivity contribution < 1.29 is 0 Å². The van der Waals surface area contributed by atoms with E-state index < -0.39 is 0 Å². The van der Waals surface area contributed by atoms with E-state index in [9.17, 15) is 0 Å². The lowest BCUT2D eigenvalue weighted by atomic mass is 9.88. The molecule has 25 heavy (non-hydrogen) atoms. The Labute approximate surface area is 155 Å². The predicted molar refractivity (Wildman–Crippen MR) is 107 cm³/mol. The summed E-state index contributed by atoms with van der Waals surface area (Å²) in [7, 11) is 0. The fourth-order valence-corrected chi connectivity index (χ4v) is 6.02. The Balaban J connectivity index is 1.43. The molecular formula is C22H26N2S. The lowest BCUT2D eigenvalue weighted by Gasteiger charge is -2.39. The number of fused-ring (bicyclic) bond motifs is 3. The molecular weight excluding hydrogens is 324 g/mol. The van der Waals surface area contributed by atoms with Gasteiger partial charge in [0.1, 0.15) is 0 Å². The highest BCUT2D eigenvalue weighted by atomic mass is 32.2. The van der Waals surface area contributed by atoms with Crippen LogP contribution in [0.25, 0.3) is 0 Å². The number of hydrogen-bond donors (Lipinski definition) is 0. The zero-order valence-electron chi connectivity index (χ0n) is 14.9. The van der Waals surface area contributed by atoms with Crippen LogP contribution in [0.5, 0.6) is 0 Å². The van der Waals surface area contributed by atoms with Crippen molar-refractivity contribution >= 4 is 17.4 Å². The van der Waals surface area contributed by atoms with E-state index in [2.05, 4.69) is 71.0 Å². The first-order valence-electron chi connectivity index (χ1n) is 9.60. The van der Waals surface area contributed by atoms with Crippen molar-refractivity contribution in [2.24, 2.45) is 0 Å². The summed E-state index contributed by atoms with van der Waals surface area (Å²) in [5.41, 5.74) is 6.11. The van der Waals surface area contributed by atoms with E-state index in [-0.39, 0.29) is 0 Å². The van der Waals surface area contributed by atoms with Crippen LogP contribution in [-0.4, -0.2) is 36.3 Å². The second-order valence-corrected chi connectivity index (χ2v) is 8.85. The van der Waals surface area contributed by atoms with Crippen molar-refractivity contribution in [3.63, 3.8) is 0 Å². The molecule has 3 heteroatoms. The molecule has 1 fully saturated rings. The molecule has 0 saturated carbocycles. The molecule has 0 spiro atoms. The second-order valence-electron chi connectivity index (χ2n) is 7.71. The van der Waals surface area contributed by atoms with Gasteiger partial charge in [-0.2, -0.15) is 0 Å². The maximum atomic E-state index is 2.76. The number of hydrogen-bond acceptors (Lipinski definition) is 3. The van der Waals surface area contributed by atoms with E-state index in [4.69, 9.17) is 0 Å². The largest absolute Gasteiger partial charge is 0.367 e. The Morgan fingerprint density at radius 1 is 1.08 bits per heavy atom. The minimum Gasteiger partial charge on any atom is -0.367 e. The summed E-state index contributed by atoms with van der Waals surface area (Å²) in [5, 5.41) is 0. The van der Waals surface area contributed by atoms with Gasteiger partial charge in [0.05, 0.1) is 5.69 Å². The fraction of sp³-hybridized carbons (Fsp3) is 0.455. The lowest BCUT2D eigenvalue weighted by Crippen LogP contribution is -2.46. The molecule has 0 aromatic heterocycles. The van der Waals surface area contributed by atoms with Gasteiger partial charge in [0.2, 0.25) is 0 Å². The SMILES string of the molecule is Cc1ccccc1CN1CCC2C(C1)c1cccc3c1N2CCCS3. The minimum absolute atomic E-state index is 0.686. The van der Waals surface area contributed by atoms with Crippen LogP contribution in [0.15, 0.2) is 47.4 Å². The van der Waals surface area contributed by atoms with Crippen molar-refractivity contribution in [2.45, 2.75) is 43.2 Å². The van der Waals surface area contributed by atoms with E-state index in [1.807, 2.05) is 0 Å². The molecule has 2 aromatic carbocycles. The molecule has 0 bridgehead atoms. The quantitative estimate of drug-likeness (QED) is 0.777. The monoisotopic (exact) mass is 350 g/mol. The first-order chi connectivity index (χ1) is 12.3. The Morgan fingerprint density at radius 3 is 2.92 bits per heavy atom. The standard InChI is InChI=1S/C22H26N2S/c1-16-6-2-3-7-17(16)14-23-12-10-20-19(15-23)18-8-4-9-21-22(18)24(20)11-5-13-25-21/h2-4,6-9,19-20H,5,10-15H2,1H3. The van der Waals surface area contributed by atoms with Gasteiger partial charge < -0.3 is 4.90 Å². The molecule has 1 saturated heterocycles. The topological polar surface area (TPSA) is 6.48 Å². The van der Waals surface area contributed by atoms with Crippen molar-refractivity contribution in [3.05, 3.63) is 59.2 Å². The molecule has 0 N–H and O–H groups in total. The van der Waals surface area contributed by atoms with Crippen LogP contribution in [0.2, 0.25) is 0 Å². The third-order valence-electron chi connectivity index (χ3n) is 6.23. The zero-order chi connectivity index (χ0) is 16.8. The molecule has 2 atom stereocenters. The van der Waals surface area contributed by atoms with Crippen molar-refractivity contribution in [3.8, 4) is 0 Å². The fourth-order valence-electron chi connectivity index (χ4n) is 4.98. The van der Waals surface area contributed by atoms with Crippen LogP contribution < -0.4 is 4.90 Å². The number of piperidine rings is 1. The summed E-state index contributed by atoms with van der Waals surface area (Å²) < 4.78 is 0. The highest BCUT2D eigenvalue weighted by Crippen LogP contribution is 2.50. The van der Waals surface area contributed by atoms with Gasteiger partial charge >= 0.3 is 0 Å². The van der Waals surface area contributed by atoms with Gasteiger partial charge in [0.25, 0.3) is 0 Å². The van der Waals surface area contributed by atoms with Gasteiger partial charge in [-0.05, 0) is 48.3 Å². The highest BCUT2D eigenvalue weighted by Gasteiger charge is 2.43. The number of para-hydroxylation sites is 1. The predicted octanol–water partition coefficient (Wildman–Crippen LogP) is 4.67. The van der Waals surface area contributed by atoms with E-state index in [0.717, 1.165) is 12.6 Å². The summed E-state index contributed by atoms with van der Waals surface area (Å²) in [5.74, 6) is 1.95. The van der Waals surface area contributed by atoms with Crippen molar-refractivity contribution in [2.75, 3.05) is 30.3 Å². The van der Waals surface area contributed by atoms with E-state index in [1.54, 1.807) is 11.3 Å². The van der Waals surface area contributed by atoms with Crippen molar-refractivity contribution in [1.29, 1.82) is 0 Å². The summed E-state index contributed by atoms with van der Waals surface area (Å²) in [6.07, 6.45) is 2.62. The summed E-state index contributed by atoms with van der Waals surface area (Å²) >= 11 is 2.06.